The van der Waals surface area contributed by atoms with Crippen LogP contribution in [0.25, 0.3) is 0 Å². The summed E-state index contributed by atoms with van der Waals surface area (Å²) in [5, 5.41) is 3.08. The highest BCUT2D eigenvalue weighted by molar-refractivity contribution is 5.45. The van der Waals surface area contributed by atoms with Gasteiger partial charge in [-0.05, 0) is 37.4 Å². The number of anilines is 1. The second kappa shape index (κ2) is 7.12. The van der Waals surface area contributed by atoms with Crippen molar-refractivity contribution in [2.45, 2.75) is 13.8 Å². The van der Waals surface area contributed by atoms with Crippen LogP contribution in [-0.2, 0) is 0 Å². The Bertz CT molecular complexity index is 280. The van der Waals surface area contributed by atoms with Crippen molar-refractivity contribution in [1.29, 1.82) is 0 Å². The maximum atomic E-state index is 5.67. The van der Waals surface area contributed by atoms with Gasteiger partial charge in [-0.1, -0.05) is 13.8 Å². The molecule has 0 aromatic heterocycles. The molecule has 16 heavy (non-hydrogen) atoms. The van der Waals surface area contributed by atoms with Crippen molar-refractivity contribution in [1.82, 2.24) is 4.90 Å². The summed E-state index contributed by atoms with van der Waals surface area (Å²) in [6.07, 6.45) is 0. The summed E-state index contributed by atoms with van der Waals surface area (Å²) in [6.45, 7) is 8.24. The summed E-state index contributed by atoms with van der Waals surface area (Å²) in [5.41, 5.74) is 1.11. The van der Waals surface area contributed by atoms with Crippen LogP contribution in [0.4, 0.5) is 5.69 Å². The molecule has 1 N–H and O–H groups in total. The number of benzene rings is 1. The molecule has 0 spiro atoms. The van der Waals surface area contributed by atoms with E-state index in [1.165, 1.54) is 0 Å². The smallest absolute Gasteiger partial charge is 0.119 e. The molecule has 0 unspecified atom stereocenters. The molecule has 0 saturated carbocycles. The summed E-state index contributed by atoms with van der Waals surface area (Å²) >= 11 is 0. The van der Waals surface area contributed by atoms with Crippen LogP contribution in [0.5, 0.6) is 5.75 Å². The van der Waals surface area contributed by atoms with E-state index in [-0.39, 0.29) is 0 Å². The lowest BCUT2D eigenvalue weighted by Gasteiger charge is -2.18. The number of hydrogen-bond donors (Lipinski definition) is 1. The average Bonchev–Trinajstić information content (AvgIpc) is 2.35. The van der Waals surface area contributed by atoms with Crippen LogP contribution >= 0.6 is 0 Å². The topological polar surface area (TPSA) is 24.5 Å². The Morgan fingerprint density at radius 1 is 1.12 bits per heavy atom. The van der Waals surface area contributed by atoms with E-state index in [0.29, 0.717) is 0 Å². The first kappa shape index (κ1) is 12.8. The summed E-state index contributed by atoms with van der Waals surface area (Å²) in [4.78, 5) is 2.35. The third-order valence-corrected chi connectivity index (χ3v) is 2.71. The highest BCUT2D eigenvalue weighted by Crippen LogP contribution is 2.14. The van der Waals surface area contributed by atoms with Crippen molar-refractivity contribution in [2.75, 3.05) is 38.6 Å². The van der Waals surface area contributed by atoms with Gasteiger partial charge in [0.2, 0.25) is 0 Å². The zero-order valence-electron chi connectivity index (χ0n) is 10.5. The Morgan fingerprint density at radius 2 is 1.75 bits per heavy atom. The molecule has 0 saturated heterocycles. The van der Waals surface area contributed by atoms with Gasteiger partial charge in [0, 0.05) is 19.3 Å². The standard InChI is InChI=1S/C13H22N2O/c1-4-15(5-2)10-11-16-13-8-6-12(14-3)7-9-13/h6-9,14H,4-5,10-11H2,1-3H3. The van der Waals surface area contributed by atoms with Crippen molar-refractivity contribution in [3.05, 3.63) is 24.3 Å². The molecule has 0 aliphatic carbocycles. The zero-order valence-corrected chi connectivity index (χ0v) is 10.5. The van der Waals surface area contributed by atoms with Gasteiger partial charge >= 0.3 is 0 Å². The molecule has 0 radical (unpaired) electrons. The molecular formula is C13H22N2O. The number of hydrogen-bond acceptors (Lipinski definition) is 3. The maximum absolute atomic E-state index is 5.67. The minimum absolute atomic E-state index is 0.751. The van der Waals surface area contributed by atoms with E-state index >= 15 is 0 Å². The number of nitrogens with zero attached hydrogens (tertiary/aromatic N) is 1. The molecule has 0 bridgehead atoms. The van der Waals surface area contributed by atoms with E-state index in [0.717, 1.165) is 37.7 Å². The number of ether oxygens (including phenoxy) is 1. The predicted molar refractivity (Wildman–Crippen MR) is 69.3 cm³/mol. The van der Waals surface area contributed by atoms with Crippen LogP contribution in [0.3, 0.4) is 0 Å². The summed E-state index contributed by atoms with van der Waals surface area (Å²) in [6, 6.07) is 8.03. The molecule has 0 atom stereocenters. The van der Waals surface area contributed by atoms with Crippen molar-refractivity contribution in [3.8, 4) is 5.75 Å². The predicted octanol–water partition coefficient (Wildman–Crippen LogP) is 2.45. The summed E-state index contributed by atoms with van der Waals surface area (Å²) < 4.78 is 5.67. The quantitative estimate of drug-likeness (QED) is 0.767. The zero-order chi connectivity index (χ0) is 11.8. The minimum atomic E-state index is 0.751. The van der Waals surface area contributed by atoms with Crippen molar-refractivity contribution in [3.63, 3.8) is 0 Å². The van der Waals surface area contributed by atoms with E-state index in [9.17, 15) is 0 Å². The van der Waals surface area contributed by atoms with E-state index in [4.69, 9.17) is 4.74 Å². The number of rotatable bonds is 7. The molecule has 90 valence electrons. The molecule has 3 heteroatoms. The van der Waals surface area contributed by atoms with Crippen LogP contribution in [-0.4, -0.2) is 38.2 Å². The fourth-order valence-corrected chi connectivity index (χ4v) is 1.55. The second-order valence-electron chi connectivity index (χ2n) is 3.65. The first-order valence-electron chi connectivity index (χ1n) is 5.93. The van der Waals surface area contributed by atoms with Gasteiger partial charge in [0.25, 0.3) is 0 Å². The van der Waals surface area contributed by atoms with Crippen LogP contribution in [0.1, 0.15) is 13.8 Å². The SMILES string of the molecule is CCN(CC)CCOc1ccc(NC)cc1. The number of nitrogens with one attached hydrogen (secondary N) is 1. The number of likely N-dealkylation sites (N-methyl/N-ethyl adjacent to an activating group) is 1. The summed E-state index contributed by atoms with van der Waals surface area (Å²) in [7, 11) is 1.91. The molecular weight excluding hydrogens is 200 g/mol. The Kier molecular flexibility index (Phi) is 5.72. The monoisotopic (exact) mass is 222 g/mol. The molecule has 0 amide bonds. The van der Waals surface area contributed by atoms with Crippen molar-refractivity contribution in [2.24, 2.45) is 0 Å². The van der Waals surface area contributed by atoms with Gasteiger partial charge in [-0.2, -0.15) is 0 Å². The maximum Gasteiger partial charge on any atom is 0.119 e. The molecule has 1 rings (SSSR count). The highest BCUT2D eigenvalue weighted by Gasteiger charge is 1.99. The summed E-state index contributed by atoms with van der Waals surface area (Å²) in [5.74, 6) is 0.936. The van der Waals surface area contributed by atoms with Crippen molar-refractivity contribution >= 4 is 5.69 Å². The average molecular weight is 222 g/mol. The van der Waals surface area contributed by atoms with Crippen LogP contribution in [0.15, 0.2) is 24.3 Å². The minimum Gasteiger partial charge on any atom is -0.492 e. The molecule has 1 aromatic rings. The van der Waals surface area contributed by atoms with E-state index < -0.39 is 0 Å². The third kappa shape index (κ3) is 4.11. The van der Waals surface area contributed by atoms with Gasteiger partial charge in [-0.25, -0.2) is 0 Å². The second-order valence-corrected chi connectivity index (χ2v) is 3.65. The van der Waals surface area contributed by atoms with E-state index in [1.54, 1.807) is 0 Å². The Morgan fingerprint density at radius 3 is 2.25 bits per heavy atom. The van der Waals surface area contributed by atoms with Gasteiger partial charge in [0.1, 0.15) is 12.4 Å². The third-order valence-electron chi connectivity index (χ3n) is 2.71. The lowest BCUT2D eigenvalue weighted by atomic mass is 10.3. The molecule has 0 aliphatic rings. The molecule has 0 aliphatic heterocycles. The Balaban J connectivity index is 2.31. The van der Waals surface area contributed by atoms with E-state index in [2.05, 4.69) is 24.1 Å². The van der Waals surface area contributed by atoms with E-state index in [1.807, 2.05) is 31.3 Å². The molecule has 1 aromatic carbocycles. The first-order valence-corrected chi connectivity index (χ1v) is 5.93. The molecule has 3 nitrogen and oxygen atoms in total. The lowest BCUT2D eigenvalue weighted by Crippen LogP contribution is -2.27. The Hall–Kier alpha value is -1.22. The van der Waals surface area contributed by atoms with Crippen LogP contribution in [0, 0.1) is 0 Å². The van der Waals surface area contributed by atoms with Gasteiger partial charge in [0.15, 0.2) is 0 Å². The largest absolute Gasteiger partial charge is 0.492 e. The molecule has 0 fully saturated rings. The van der Waals surface area contributed by atoms with Gasteiger partial charge in [0.05, 0.1) is 0 Å². The van der Waals surface area contributed by atoms with Gasteiger partial charge in [-0.3, -0.25) is 0 Å². The first-order chi connectivity index (χ1) is 7.80. The fraction of sp³-hybridized carbons (Fsp3) is 0.538. The Labute approximate surface area is 98.4 Å². The normalized spacial score (nSPS) is 10.5. The highest BCUT2D eigenvalue weighted by atomic mass is 16.5. The lowest BCUT2D eigenvalue weighted by molar-refractivity contribution is 0.223. The van der Waals surface area contributed by atoms with Gasteiger partial charge in [-0.15, -0.1) is 0 Å². The van der Waals surface area contributed by atoms with Gasteiger partial charge < -0.3 is 15.0 Å². The fourth-order valence-electron chi connectivity index (χ4n) is 1.55. The van der Waals surface area contributed by atoms with Crippen LogP contribution < -0.4 is 10.1 Å². The van der Waals surface area contributed by atoms with Crippen LogP contribution in [0.2, 0.25) is 0 Å². The van der Waals surface area contributed by atoms with Crippen molar-refractivity contribution < 1.29 is 4.74 Å². The molecule has 0 heterocycles.